The summed E-state index contributed by atoms with van der Waals surface area (Å²) in [5.41, 5.74) is 0.279. The van der Waals surface area contributed by atoms with Crippen LogP contribution in [0.15, 0.2) is 76.5 Å². The number of ketones is 2. The average Bonchev–Trinajstić information content (AvgIpc) is 2.75. The topological polar surface area (TPSA) is 94.6 Å². The van der Waals surface area contributed by atoms with E-state index in [1.54, 1.807) is 18.2 Å². The normalized spacial score (nSPS) is 13.8. The second-order valence-corrected chi connectivity index (χ2v) is 8.87. The Hall–Kier alpha value is -3.29. The number of hydrogen-bond acceptors (Lipinski definition) is 6. The van der Waals surface area contributed by atoms with Gasteiger partial charge in [0.1, 0.15) is 0 Å². The minimum absolute atomic E-state index is 0.0137. The van der Waals surface area contributed by atoms with E-state index in [9.17, 15) is 22.8 Å². The maximum atomic E-state index is 12.9. The number of fused-ring (bicyclic) bond motifs is 2. The molecule has 3 aromatic rings. The standard InChI is InChI=1S/C22H13ClO6S/c23-15-5-3-4-13(10-15)18(24)12-29-22(26)14-8-9-17-20(11-14)30(27,28)19-7-2-1-6-16(19)21(17)25/h1-11H,12H2. The molecule has 0 bridgehead atoms. The zero-order valence-corrected chi connectivity index (χ0v) is 16.9. The zero-order valence-electron chi connectivity index (χ0n) is 15.3. The smallest absolute Gasteiger partial charge is 0.338 e. The highest BCUT2D eigenvalue weighted by molar-refractivity contribution is 7.91. The van der Waals surface area contributed by atoms with Gasteiger partial charge in [-0.05, 0) is 42.5 Å². The Labute approximate surface area is 177 Å². The van der Waals surface area contributed by atoms with Crippen LogP contribution in [0.5, 0.6) is 0 Å². The molecule has 0 saturated heterocycles. The number of rotatable bonds is 4. The van der Waals surface area contributed by atoms with Gasteiger partial charge >= 0.3 is 5.97 Å². The second-order valence-electron chi connectivity index (χ2n) is 6.55. The van der Waals surface area contributed by atoms with Gasteiger partial charge in [-0.1, -0.05) is 35.9 Å². The molecule has 30 heavy (non-hydrogen) atoms. The largest absolute Gasteiger partial charge is 0.454 e. The quantitative estimate of drug-likeness (QED) is 0.354. The van der Waals surface area contributed by atoms with Gasteiger partial charge in [-0.25, -0.2) is 13.2 Å². The van der Waals surface area contributed by atoms with E-state index in [4.69, 9.17) is 16.3 Å². The van der Waals surface area contributed by atoms with E-state index in [-0.39, 0.29) is 32.0 Å². The summed E-state index contributed by atoms with van der Waals surface area (Å²) < 4.78 is 30.9. The summed E-state index contributed by atoms with van der Waals surface area (Å²) in [6.07, 6.45) is 0. The number of ether oxygens (including phenoxy) is 1. The highest BCUT2D eigenvalue weighted by Gasteiger charge is 2.35. The molecular weight excluding hydrogens is 428 g/mol. The third-order valence-electron chi connectivity index (χ3n) is 4.65. The Morgan fingerprint density at radius 2 is 1.57 bits per heavy atom. The summed E-state index contributed by atoms with van der Waals surface area (Å²) >= 11 is 5.85. The van der Waals surface area contributed by atoms with Gasteiger partial charge in [0.25, 0.3) is 0 Å². The first-order chi connectivity index (χ1) is 14.3. The number of halogens is 1. The fraction of sp³-hybridized carbons (Fsp3) is 0.0455. The van der Waals surface area contributed by atoms with Crippen molar-refractivity contribution < 1.29 is 27.5 Å². The lowest BCUT2D eigenvalue weighted by Gasteiger charge is -2.19. The van der Waals surface area contributed by atoms with Gasteiger partial charge < -0.3 is 4.74 Å². The van der Waals surface area contributed by atoms with E-state index in [1.807, 2.05) is 0 Å². The molecule has 0 amide bonds. The first-order valence-corrected chi connectivity index (χ1v) is 10.6. The fourth-order valence-electron chi connectivity index (χ4n) is 3.17. The first kappa shape index (κ1) is 20.0. The van der Waals surface area contributed by atoms with Crippen molar-refractivity contribution in [2.24, 2.45) is 0 Å². The maximum absolute atomic E-state index is 12.9. The number of Topliss-reactive ketones (excluding diaryl/α,β-unsaturated/α-hetero) is 1. The highest BCUT2D eigenvalue weighted by Crippen LogP contribution is 2.34. The third-order valence-corrected chi connectivity index (χ3v) is 6.74. The van der Waals surface area contributed by atoms with Gasteiger partial charge in [0.05, 0.1) is 15.4 Å². The van der Waals surface area contributed by atoms with Crippen molar-refractivity contribution in [1.82, 2.24) is 0 Å². The van der Waals surface area contributed by atoms with Crippen molar-refractivity contribution in [3.05, 3.63) is 94.0 Å². The molecule has 8 heteroatoms. The monoisotopic (exact) mass is 440 g/mol. The fourth-order valence-corrected chi connectivity index (χ4v) is 5.04. The molecule has 150 valence electrons. The maximum Gasteiger partial charge on any atom is 0.338 e. The Kier molecular flexibility index (Phi) is 5.01. The lowest BCUT2D eigenvalue weighted by molar-refractivity contribution is 0.0474. The molecule has 0 fully saturated rings. The van der Waals surface area contributed by atoms with Gasteiger partial charge in [-0.15, -0.1) is 0 Å². The van der Waals surface area contributed by atoms with Crippen LogP contribution in [0.2, 0.25) is 5.02 Å². The SMILES string of the molecule is O=C(COC(=O)c1ccc2c(c1)S(=O)(=O)c1ccccc1C2=O)c1cccc(Cl)c1. The summed E-state index contributed by atoms with van der Waals surface area (Å²) in [7, 11) is -3.98. The van der Waals surface area contributed by atoms with Crippen LogP contribution in [0.4, 0.5) is 0 Å². The molecule has 4 rings (SSSR count). The van der Waals surface area contributed by atoms with Crippen LogP contribution in [0, 0.1) is 0 Å². The molecule has 0 N–H and O–H groups in total. The predicted molar refractivity (Wildman–Crippen MR) is 108 cm³/mol. The Morgan fingerprint density at radius 1 is 0.833 bits per heavy atom. The van der Waals surface area contributed by atoms with Crippen molar-refractivity contribution in [3.63, 3.8) is 0 Å². The molecule has 0 radical (unpaired) electrons. The summed E-state index contributed by atoms with van der Waals surface area (Å²) in [6, 6.07) is 15.8. The average molecular weight is 441 g/mol. The van der Waals surface area contributed by atoms with E-state index in [0.29, 0.717) is 5.02 Å². The van der Waals surface area contributed by atoms with Crippen molar-refractivity contribution in [2.75, 3.05) is 6.61 Å². The summed E-state index contributed by atoms with van der Waals surface area (Å²) in [5.74, 6) is -1.78. The van der Waals surface area contributed by atoms with E-state index in [1.165, 1.54) is 42.5 Å². The first-order valence-electron chi connectivity index (χ1n) is 8.78. The molecular formula is C22H13ClO6S. The molecule has 1 aliphatic heterocycles. The third kappa shape index (κ3) is 3.42. The number of hydrogen-bond donors (Lipinski definition) is 0. The van der Waals surface area contributed by atoms with E-state index in [2.05, 4.69) is 0 Å². The Bertz CT molecular complexity index is 1330. The van der Waals surface area contributed by atoms with E-state index < -0.39 is 34.0 Å². The lowest BCUT2D eigenvalue weighted by Crippen LogP contribution is -2.21. The minimum atomic E-state index is -3.98. The minimum Gasteiger partial charge on any atom is -0.454 e. The van der Waals surface area contributed by atoms with E-state index >= 15 is 0 Å². The summed E-state index contributed by atoms with van der Waals surface area (Å²) in [6.45, 7) is -0.537. The Morgan fingerprint density at radius 3 is 2.33 bits per heavy atom. The highest BCUT2D eigenvalue weighted by atomic mass is 35.5. The molecule has 0 aliphatic carbocycles. The summed E-state index contributed by atoms with van der Waals surface area (Å²) in [5, 5.41) is 0.372. The van der Waals surface area contributed by atoms with Crippen LogP contribution < -0.4 is 0 Å². The van der Waals surface area contributed by atoms with Gasteiger partial charge in [-0.3, -0.25) is 9.59 Å². The Balaban J connectivity index is 1.60. The molecule has 6 nitrogen and oxygen atoms in total. The molecule has 0 saturated carbocycles. The molecule has 0 unspecified atom stereocenters. The predicted octanol–water partition coefficient (Wildman–Crippen LogP) is 3.76. The van der Waals surface area contributed by atoms with Crippen LogP contribution in [0.25, 0.3) is 0 Å². The van der Waals surface area contributed by atoms with Crippen molar-refractivity contribution in [2.45, 2.75) is 9.79 Å². The van der Waals surface area contributed by atoms with Gasteiger partial charge in [-0.2, -0.15) is 0 Å². The number of sulfone groups is 1. The molecule has 1 aliphatic rings. The molecule has 0 spiro atoms. The lowest BCUT2D eigenvalue weighted by atomic mass is 10.0. The van der Waals surface area contributed by atoms with E-state index in [0.717, 1.165) is 6.07 Å². The molecule has 0 aromatic heterocycles. The molecule has 1 heterocycles. The van der Waals surface area contributed by atoms with Crippen LogP contribution in [-0.4, -0.2) is 32.6 Å². The number of esters is 1. The van der Waals surface area contributed by atoms with Crippen LogP contribution in [0.1, 0.15) is 36.6 Å². The van der Waals surface area contributed by atoms with Crippen molar-refractivity contribution in [3.8, 4) is 0 Å². The molecule has 3 aromatic carbocycles. The van der Waals surface area contributed by atoms with Gasteiger partial charge in [0, 0.05) is 21.7 Å². The number of benzene rings is 3. The van der Waals surface area contributed by atoms with Crippen LogP contribution >= 0.6 is 11.6 Å². The summed E-state index contributed by atoms with van der Waals surface area (Å²) in [4.78, 5) is 36.8. The number of carbonyl (C=O) groups is 3. The second kappa shape index (κ2) is 7.51. The van der Waals surface area contributed by atoms with Gasteiger partial charge in [0.15, 0.2) is 18.2 Å². The molecule has 0 atom stereocenters. The zero-order chi connectivity index (χ0) is 21.5. The van der Waals surface area contributed by atoms with Crippen molar-refractivity contribution >= 4 is 39.0 Å². The van der Waals surface area contributed by atoms with Gasteiger partial charge in [0.2, 0.25) is 9.84 Å². The van der Waals surface area contributed by atoms with Crippen LogP contribution in [0.3, 0.4) is 0 Å². The van der Waals surface area contributed by atoms with Crippen molar-refractivity contribution in [1.29, 1.82) is 0 Å². The number of carbonyl (C=O) groups excluding carboxylic acids is 3. The van der Waals surface area contributed by atoms with Crippen LogP contribution in [-0.2, 0) is 14.6 Å².